The molecule has 0 bridgehead atoms. The summed E-state index contributed by atoms with van der Waals surface area (Å²) in [6.07, 6.45) is 0. The Morgan fingerprint density at radius 1 is 1.20 bits per heavy atom. The molecule has 0 fully saturated rings. The van der Waals surface area contributed by atoms with Crippen LogP contribution in [0.5, 0.6) is 0 Å². The lowest BCUT2D eigenvalue weighted by atomic mass is 10.3. The van der Waals surface area contributed by atoms with E-state index in [1.54, 1.807) is 13.8 Å². The summed E-state index contributed by atoms with van der Waals surface area (Å²) in [6, 6.07) is 3.44. The zero-order valence-corrected chi connectivity index (χ0v) is 16.8. The standard InChI is InChI=1S/C15H10Cl4N4OS/c1-6-8(4-20)15(22-7(2)21-6)25-5-11(24)23-14-12(18)9(16)3-10(17)13(14)19/h3H,5H2,1-2H3,(H,23,24). The second-order valence-corrected chi connectivity index (χ2v) is 7.36. The fraction of sp³-hybridized carbons (Fsp3) is 0.200. The number of nitriles is 1. The van der Waals surface area contributed by atoms with Gasteiger partial charge in [-0.15, -0.1) is 0 Å². The normalized spacial score (nSPS) is 10.4. The Kier molecular flexibility index (Phi) is 6.78. The maximum absolute atomic E-state index is 12.2. The summed E-state index contributed by atoms with van der Waals surface area (Å²) in [4.78, 5) is 20.6. The van der Waals surface area contributed by atoms with E-state index in [0.29, 0.717) is 22.1 Å². The molecule has 0 radical (unpaired) electrons. The van der Waals surface area contributed by atoms with Crippen molar-refractivity contribution in [3.05, 3.63) is 43.2 Å². The van der Waals surface area contributed by atoms with E-state index < -0.39 is 5.91 Å². The Hall–Kier alpha value is -1.23. The third kappa shape index (κ3) is 4.69. The molecule has 1 N–H and O–H groups in total. The van der Waals surface area contributed by atoms with Gasteiger partial charge >= 0.3 is 0 Å². The highest BCUT2D eigenvalue weighted by Crippen LogP contribution is 2.41. The molecule has 2 rings (SSSR count). The van der Waals surface area contributed by atoms with Gasteiger partial charge in [0, 0.05) is 0 Å². The molecule has 10 heteroatoms. The molecule has 0 aliphatic rings. The fourth-order valence-electron chi connectivity index (χ4n) is 1.91. The quantitative estimate of drug-likeness (QED) is 0.400. The van der Waals surface area contributed by atoms with Crippen molar-refractivity contribution >= 4 is 69.8 Å². The number of nitrogens with zero attached hydrogens (tertiary/aromatic N) is 3. The highest BCUT2D eigenvalue weighted by Gasteiger charge is 2.17. The van der Waals surface area contributed by atoms with Gasteiger partial charge in [-0.25, -0.2) is 9.97 Å². The van der Waals surface area contributed by atoms with Gasteiger partial charge in [0.25, 0.3) is 0 Å². The molecule has 0 aliphatic heterocycles. The minimum atomic E-state index is -0.398. The summed E-state index contributed by atoms with van der Waals surface area (Å²) in [5.74, 6) is 0.110. The zero-order valence-electron chi connectivity index (χ0n) is 13.0. The smallest absolute Gasteiger partial charge is 0.234 e. The molecular formula is C15H10Cl4N4OS. The van der Waals surface area contributed by atoms with Gasteiger partial charge in [-0.1, -0.05) is 58.2 Å². The Labute approximate surface area is 168 Å². The lowest BCUT2D eigenvalue weighted by Crippen LogP contribution is -2.15. The zero-order chi connectivity index (χ0) is 18.7. The molecule has 2 aromatic rings. The van der Waals surface area contributed by atoms with Crippen molar-refractivity contribution in [3.8, 4) is 6.07 Å². The van der Waals surface area contributed by atoms with Crippen LogP contribution in [0.3, 0.4) is 0 Å². The van der Waals surface area contributed by atoms with Gasteiger partial charge in [0.2, 0.25) is 5.91 Å². The topological polar surface area (TPSA) is 78.7 Å². The maximum atomic E-state index is 12.2. The summed E-state index contributed by atoms with van der Waals surface area (Å²) >= 11 is 25.1. The molecule has 5 nitrogen and oxygen atoms in total. The van der Waals surface area contributed by atoms with Crippen LogP contribution in [-0.4, -0.2) is 21.6 Å². The molecule has 1 aromatic carbocycles. The van der Waals surface area contributed by atoms with E-state index in [1.807, 2.05) is 6.07 Å². The third-order valence-corrected chi connectivity index (χ3v) is 5.55. The van der Waals surface area contributed by atoms with Crippen molar-refractivity contribution in [2.75, 3.05) is 11.1 Å². The molecule has 0 saturated heterocycles. The number of carbonyl (C=O) groups excluding carboxylic acids is 1. The first-order valence-corrected chi connectivity index (χ1v) is 9.25. The monoisotopic (exact) mass is 434 g/mol. The number of aromatic nitrogens is 2. The second kappa shape index (κ2) is 8.43. The highest BCUT2D eigenvalue weighted by molar-refractivity contribution is 8.00. The van der Waals surface area contributed by atoms with Crippen LogP contribution in [-0.2, 0) is 4.79 Å². The number of halogens is 4. The van der Waals surface area contributed by atoms with Gasteiger partial charge in [0.15, 0.2) is 0 Å². The molecule has 0 spiro atoms. The number of anilines is 1. The number of carbonyl (C=O) groups is 1. The summed E-state index contributed by atoms with van der Waals surface area (Å²) in [6.45, 7) is 3.43. The number of hydrogen-bond donors (Lipinski definition) is 1. The van der Waals surface area contributed by atoms with Crippen molar-refractivity contribution in [1.82, 2.24) is 9.97 Å². The predicted octanol–water partition coefficient (Wildman–Crippen LogP) is 5.31. The SMILES string of the molecule is Cc1nc(C)c(C#N)c(SCC(=O)Nc2c(Cl)c(Cl)cc(Cl)c2Cl)n1. The van der Waals surface area contributed by atoms with Crippen LogP contribution in [0.1, 0.15) is 17.1 Å². The molecule has 0 atom stereocenters. The van der Waals surface area contributed by atoms with E-state index in [1.165, 1.54) is 6.07 Å². The molecule has 0 unspecified atom stereocenters. The van der Waals surface area contributed by atoms with Crippen LogP contribution in [0, 0.1) is 25.2 Å². The summed E-state index contributed by atoms with van der Waals surface area (Å²) in [7, 11) is 0. The summed E-state index contributed by atoms with van der Waals surface area (Å²) in [5.41, 5.74) is 1.04. The Balaban J connectivity index is 2.17. The number of hydrogen-bond acceptors (Lipinski definition) is 5. The van der Waals surface area contributed by atoms with Gasteiger partial charge in [0.1, 0.15) is 22.5 Å². The van der Waals surface area contributed by atoms with Crippen molar-refractivity contribution in [3.63, 3.8) is 0 Å². The number of thioether (sulfide) groups is 1. The molecule has 1 amide bonds. The molecule has 25 heavy (non-hydrogen) atoms. The molecular weight excluding hydrogens is 426 g/mol. The lowest BCUT2D eigenvalue weighted by Gasteiger charge is -2.12. The summed E-state index contributed by atoms with van der Waals surface area (Å²) in [5, 5.41) is 12.8. The van der Waals surface area contributed by atoms with E-state index in [9.17, 15) is 10.1 Å². The molecule has 1 aromatic heterocycles. The van der Waals surface area contributed by atoms with E-state index in [2.05, 4.69) is 15.3 Å². The van der Waals surface area contributed by atoms with Crippen LogP contribution in [0.4, 0.5) is 5.69 Å². The number of nitrogens with one attached hydrogen (secondary N) is 1. The second-order valence-electron chi connectivity index (χ2n) is 4.83. The van der Waals surface area contributed by atoms with E-state index in [4.69, 9.17) is 46.4 Å². The Morgan fingerprint density at radius 2 is 1.80 bits per heavy atom. The van der Waals surface area contributed by atoms with E-state index in [0.717, 1.165) is 11.8 Å². The van der Waals surface area contributed by atoms with E-state index in [-0.39, 0.29) is 31.5 Å². The highest BCUT2D eigenvalue weighted by atomic mass is 35.5. The van der Waals surface area contributed by atoms with Crippen LogP contribution in [0.15, 0.2) is 11.1 Å². The maximum Gasteiger partial charge on any atom is 0.234 e. The molecule has 0 saturated carbocycles. The molecule has 1 heterocycles. The van der Waals surface area contributed by atoms with Crippen molar-refractivity contribution in [1.29, 1.82) is 5.26 Å². The minimum absolute atomic E-state index is 0.0125. The van der Waals surface area contributed by atoms with Gasteiger partial charge in [-0.2, -0.15) is 5.26 Å². The number of benzene rings is 1. The van der Waals surface area contributed by atoms with Crippen molar-refractivity contribution in [2.45, 2.75) is 18.9 Å². The predicted molar refractivity (Wildman–Crippen MR) is 102 cm³/mol. The van der Waals surface area contributed by atoms with E-state index >= 15 is 0 Å². The number of aryl methyl sites for hydroxylation is 2. The average Bonchev–Trinajstić information content (AvgIpc) is 2.54. The Bertz CT molecular complexity index is 872. The number of amides is 1. The van der Waals surface area contributed by atoms with Crippen LogP contribution >= 0.6 is 58.2 Å². The fourth-order valence-corrected chi connectivity index (χ4v) is 3.69. The average molecular weight is 436 g/mol. The first-order chi connectivity index (χ1) is 11.7. The Morgan fingerprint density at radius 3 is 2.36 bits per heavy atom. The first kappa shape index (κ1) is 20.1. The lowest BCUT2D eigenvalue weighted by molar-refractivity contribution is -0.113. The van der Waals surface area contributed by atoms with Crippen LogP contribution in [0.2, 0.25) is 20.1 Å². The molecule has 130 valence electrons. The third-order valence-electron chi connectivity index (χ3n) is 3.00. The number of rotatable bonds is 4. The van der Waals surface area contributed by atoms with Crippen LogP contribution in [0.25, 0.3) is 0 Å². The van der Waals surface area contributed by atoms with Gasteiger partial charge in [0.05, 0.1) is 37.2 Å². The van der Waals surface area contributed by atoms with Gasteiger partial charge in [-0.05, 0) is 19.9 Å². The minimum Gasteiger partial charge on any atom is -0.323 e. The largest absolute Gasteiger partial charge is 0.323 e. The van der Waals surface area contributed by atoms with Crippen LogP contribution < -0.4 is 5.32 Å². The van der Waals surface area contributed by atoms with Crippen molar-refractivity contribution < 1.29 is 4.79 Å². The molecule has 0 aliphatic carbocycles. The first-order valence-electron chi connectivity index (χ1n) is 6.75. The van der Waals surface area contributed by atoms with Crippen molar-refractivity contribution in [2.24, 2.45) is 0 Å². The van der Waals surface area contributed by atoms with Gasteiger partial charge < -0.3 is 5.32 Å². The van der Waals surface area contributed by atoms with Gasteiger partial charge in [-0.3, -0.25) is 4.79 Å². The summed E-state index contributed by atoms with van der Waals surface area (Å²) < 4.78 is 0.